The van der Waals surface area contributed by atoms with Crippen LogP contribution in [0, 0.1) is 5.92 Å². The largest absolute Gasteiger partial charge is 0.444 e. The Bertz CT molecular complexity index is 457. The highest BCUT2D eigenvalue weighted by molar-refractivity contribution is 5.70. The van der Waals surface area contributed by atoms with Crippen molar-refractivity contribution < 1.29 is 9.53 Å². The molecule has 2 bridgehead atoms. The molecule has 0 radical (unpaired) electrons. The number of carbonyl (C=O) groups excluding carboxylic acids is 1. The van der Waals surface area contributed by atoms with Crippen LogP contribution in [0.2, 0.25) is 0 Å². The van der Waals surface area contributed by atoms with Gasteiger partial charge in [0.05, 0.1) is 6.04 Å². The zero-order valence-electron chi connectivity index (χ0n) is 15.1. The summed E-state index contributed by atoms with van der Waals surface area (Å²) < 4.78 is 5.61. The van der Waals surface area contributed by atoms with Crippen molar-refractivity contribution in [1.82, 2.24) is 4.90 Å². The number of nitrogens with zero attached hydrogens (tertiary/aromatic N) is 1. The average Bonchev–Trinajstić information content (AvgIpc) is 2.76. The van der Waals surface area contributed by atoms with E-state index >= 15 is 0 Å². The second-order valence-electron chi connectivity index (χ2n) is 8.76. The summed E-state index contributed by atoms with van der Waals surface area (Å²) in [5.74, 6) is 0.950. The quantitative estimate of drug-likeness (QED) is 0.648. The third-order valence-corrected chi connectivity index (χ3v) is 5.68. The zero-order valence-corrected chi connectivity index (χ0v) is 15.1. The third-order valence-electron chi connectivity index (χ3n) is 5.68. The number of hydrogen-bond acceptors (Lipinski definition) is 2. The van der Waals surface area contributed by atoms with Gasteiger partial charge in [0.15, 0.2) is 0 Å². The van der Waals surface area contributed by atoms with Crippen LogP contribution in [0.4, 0.5) is 4.79 Å². The van der Waals surface area contributed by atoms with Crippen molar-refractivity contribution in [2.45, 2.75) is 103 Å². The molecule has 2 fully saturated rings. The molecule has 2 unspecified atom stereocenters. The number of rotatable bonds is 3. The van der Waals surface area contributed by atoms with E-state index in [4.69, 9.17) is 4.74 Å². The molecule has 0 aromatic heterocycles. The fourth-order valence-corrected chi connectivity index (χ4v) is 4.57. The lowest BCUT2D eigenvalue weighted by Crippen LogP contribution is -2.45. The van der Waals surface area contributed by atoms with Gasteiger partial charge in [-0.3, -0.25) is 4.90 Å². The van der Waals surface area contributed by atoms with Gasteiger partial charge in [0.1, 0.15) is 5.60 Å². The van der Waals surface area contributed by atoms with E-state index in [9.17, 15) is 4.79 Å². The second-order valence-corrected chi connectivity index (χ2v) is 8.76. The maximum Gasteiger partial charge on any atom is 0.411 e. The Balaban J connectivity index is 1.56. The predicted molar refractivity (Wildman–Crippen MR) is 93.4 cm³/mol. The molecule has 3 aliphatic rings. The Morgan fingerprint density at radius 1 is 1.17 bits per heavy atom. The smallest absolute Gasteiger partial charge is 0.411 e. The zero-order chi connectivity index (χ0) is 16.4. The highest BCUT2D eigenvalue weighted by atomic mass is 16.6. The minimum atomic E-state index is -0.401. The molecule has 1 aliphatic carbocycles. The van der Waals surface area contributed by atoms with Crippen LogP contribution in [0.25, 0.3) is 0 Å². The van der Waals surface area contributed by atoms with E-state index in [-0.39, 0.29) is 12.1 Å². The molecule has 0 spiro atoms. The highest BCUT2D eigenvalue weighted by Gasteiger charge is 2.41. The number of fused-ring (bicyclic) bond motifs is 2. The molecule has 0 N–H and O–H groups in total. The molecular formula is C20H33NO2. The molecule has 1 saturated heterocycles. The van der Waals surface area contributed by atoms with Crippen molar-refractivity contribution in [2.24, 2.45) is 5.92 Å². The molecule has 0 aromatic rings. The summed E-state index contributed by atoms with van der Waals surface area (Å²) in [5.41, 5.74) is 1.20. The van der Waals surface area contributed by atoms with E-state index in [0.717, 1.165) is 25.2 Å². The highest BCUT2D eigenvalue weighted by Crippen LogP contribution is 2.38. The number of amides is 1. The summed E-state index contributed by atoms with van der Waals surface area (Å²) in [6.07, 6.45) is 15.4. The van der Waals surface area contributed by atoms with Crippen LogP contribution in [0.5, 0.6) is 0 Å². The van der Waals surface area contributed by atoms with Gasteiger partial charge in [-0.05, 0) is 58.8 Å². The maximum atomic E-state index is 12.5. The molecule has 3 heteroatoms. The van der Waals surface area contributed by atoms with Crippen molar-refractivity contribution in [1.29, 1.82) is 0 Å². The van der Waals surface area contributed by atoms with E-state index in [2.05, 4.69) is 6.08 Å². The van der Waals surface area contributed by atoms with Crippen LogP contribution < -0.4 is 0 Å². The van der Waals surface area contributed by atoms with Crippen molar-refractivity contribution in [3.63, 3.8) is 0 Å². The van der Waals surface area contributed by atoms with E-state index in [1.165, 1.54) is 44.9 Å². The first-order chi connectivity index (χ1) is 10.9. The lowest BCUT2D eigenvalue weighted by atomic mass is 9.84. The minimum Gasteiger partial charge on any atom is -0.444 e. The maximum absolute atomic E-state index is 12.5. The first-order valence-electron chi connectivity index (χ1n) is 9.63. The number of carbonyl (C=O) groups is 1. The van der Waals surface area contributed by atoms with Gasteiger partial charge >= 0.3 is 6.09 Å². The molecule has 2 heterocycles. The molecule has 2 aliphatic heterocycles. The van der Waals surface area contributed by atoms with Gasteiger partial charge in [-0.1, -0.05) is 43.8 Å². The van der Waals surface area contributed by atoms with Crippen LogP contribution >= 0.6 is 0 Å². The molecule has 0 aromatic carbocycles. The van der Waals surface area contributed by atoms with Crippen molar-refractivity contribution in [3.8, 4) is 0 Å². The van der Waals surface area contributed by atoms with Gasteiger partial charge < -0.3 is 4.74 Å². The van der Waals surface area contributed by atoms with Crippen molar-refractivity contribution >= 4 is 6.09 Å². The SMILES string of the molecule is CC(C)(C)OC(=O)N1C2C=C(CCC3CCCCC3)CC1CC2. The van der Waals surface area contributed by atoms with E-state index in [1.807, 2.05) is 25.7 Å². The first kappa shape index (κ1) is 16.9. The topological polar surface area (TPSA) is 29.5 Å². The van der Waals surface area contributed by atoms with Gasteiger partial charge in [-0.2, -0.15) is 0 Å². The van der Waals surface area contributed by atoms with Gasteiger partial charge in [0, 0.05) is 6.04 Å². The second kappa shape index (κ2) is 6.86. The number of ether oxygens (including phenoxy) is 1. The lowest BCUT2D eigenvalue weighted by molar-refractivity contribution is 0.0166. The Morgan fingerprint density at radius 2 is 1.91 bits per heavy atom. The van der Waals surface area contributed by atoms with Crippen LogP contribution in [-0.4, -0.2) is 28.7 Å². The fraction of sp³-hybridized carbons (Fsp3) is 0.850. The van der Waals surface area contributed by atoms with Crippen LogP contribution in [0.15, 0.2) is 11.6 Å². The van der Waals surface area contributed by atoms with E-state index < -0.39 is 5.60 Å². The molecule has 3 nitrogen and oxygen atoms in total. The van der Waals surface area contributed by atoms with Gasteiger partial charge in [0.25, 0.3) is 0 Å². The first-order valence-corrected chi connectivity index (χ1v) is 9.63. The van der Waals surface area contributed by atoms with Crippen LogP contribution in [-0.2, 0) is 4.74 Å². The average molecular weight is 319 g/mol. The summed E-state index contributed by atoms with van der Waals surface area (Å²) >= 11 is 0. The van der Waals surface area contributed by atoms with Gasteiger partial charge in [-0.25, -0.2) is 4.79 Å². The monoisotopic (exact) mass is 319 g/mol. The summed E-state index contributed by atoms with van der Waals surface area (Å²) in [7, 11) is 0. The Hall–Kier alpha value is -0.990. The normalized spacial score (nSPS) is 28.7. The van der Waals surface area contributed by atoms with E-state index in [1.54, 1.807) is 5.57 Å². The lowest BCUT2D eigenvalue weighted by Gasteiger charge is -2.35. The molecule has 1 amide bonds. The standard InChI is InChI=1S/C20H33NO2/c1-20(2,3)23-19(22)21-17-11-12-18(21)14-16(13-17)10-9-15-7-5-4-6-8-15/h13,15,17-18H,4-12,14H2,1-3H3. The summed E-state index contributed by atoms with van der Waals surface area (Å²) in [4.78, 5) is 14.5. The molecule has 2 atom stereocenters. The third kappa shape index (κ3) is 4.30. The molecule has 1 saturated carbocycles. The molecular weight excluding hydrogens is 286 g/mol. The molecule has 130 valence electrons. The van der Waals surface area contributed by atoms with Crippen molar-refractivity contribution in [3.05, 3.63) is 11.6 Å². The van der Waals surface area contributed by atoms with Gasteiger partial charge in [0.2, 0.25) is 0 Å². The van der Waals surface area contributed by atoms with Crippen LogP contribution in [0.3, 0.4) is 0 Å². The Morgan fingerprint density at radius 3 is 2.57 bits per heavy atom. The van der Waals surface area contributed by atoms with Crippen molar-refractivity contribution in [2.75, 3.05) is 0 Å². The predicted octanol–water partition coefficient (Wildman–Crippen LogP) is 5.45. The van der Waals surface area contributed by atoms with Crippen LogP contribution in [0.1, 0.15) is 85.0 Å². The minimum absolute atomic E-state index is 0.118. The summed E-state index contributed by atoms with van der Waals surface area (Å²) in [5, 5.41) is 0. The number of hydrogen-bond donors (Lipinski definition) is 0. The Kier molecular flexibility index (Phi) is 5.03. The summed E-state index contributed by atoms with van der Waals surface area (Å²) in [6, 6.07) is 0.658. The van der Waals surface area contributed by atoms with Gasteiger partial charge in [-0.15, -0.1) is 0 Å². The molecule has 3 rings (SSSR count). The molecule has 23 heavy (non-hydrogen) atoms. The fourth-order valence-electron chi connectivity index (χ4n) is 4.57. The van der Waals surface area contributed by atoms with E-state index in [0.29, 0.717) is 6.04 Å². The Labute approximate surface area is 141 Å². The summed E-state index contributed by atoms with van der Waals surface area (Å²) in [6.45, 7) is 5.84.